The number of carbonyl (C=O) groups is 1. The number of carboxylic acids is 1. The molecule has 0 aromatic carbocycles. The van der Waals surface area contributed by atoms with Crippen LogP contribution in [0.25, 0.3) is 0 Å². The van der Waals surface area contributed by atoms with Gasteiger partial charge in [0.25, 0.3) is 0 Å². The highest BCUT2D eigenvalue weighted by molar-refractivity contribution is 7.09. The molecule has 0 aliphatic rings. The predicted molar refractivity (Wildman–Crippen MR) is 48.7 cm³/mol. The second-order valence-corrected chi connectivity index (χ2v) is 3.62. The van der Waals surface area contributed by atoms with Crippen LogP contribution in [0.1, 0.15) is 17.6 Å². The molecule has 4 nitrogen and oxygen atoms in total. The van der Waals surface area contributed by atoms with Crippen molar-refractivity contribution < 1.29 is 14.6 Å². The van der Waals surface area contributed by atoms with Gasteiger partial charge in [-0.2, -0.15) is 0 Å². The number of aromatic nitrogens is 1. The molecule has 0 aliphatic heterocycles. The van der Waals surface area contributed by atoms with E-state index in [1.165, 1.54) is 18.3 Å². The summed E-state index contributed by atoms with van der Waals surface area (Å²) >= 11 is 1.47. The van der Waals surface area contributed by atoms with Crippen LogP contribution in [0.4, 0.5) is 0 Å². The summed E-state index contributed by atoms with van der Waals surface area (Å²) in [5, 5.41) is 11.2. The Kier molecular flexibility index (Phi) is 3.39. The number of aryl methyl sites for hydroxylation is 1. The summed E-state index contributed by atoms with van der Waals surface area (Å²) in [6.45, 7) is 3.66. The maximum Gasteiger partial charge on any atom is 0.332 e. The molecule has 0 amide bonds. The van der Waals surface area contributed by atoms with Crippen molar-refractivity contribution in [3.63, 3.8) is 0 Å². The quantitative estimate of drug-likeness (QED) is 0.800. The first-order valence-electron chi connectivity index (χ1n) is 3.85. The Labute approximate surface area is 80.2 Å². The van der Waals surface area contributed by atoms with Gasteiger partial charge in [-0.05, 0) is 13.8 Å². The largest absolute Gasteiger partial charge is 0.479 e. The second-order valence-electron chi connectivity index (χ2n) is 2.67. The summed E-state index contributed by atoms with van der Waals surface area (Å²) in [6.07, 6.45) is -0.774. The molecule has 1 aromatic heterocycles. The molecule has 0 radical (unpaired) electrons. The molecule has 0 spiro atoms. The number of thiazole rings is 1. The molecule has 0 fully saturated rings. The first-order chi connectivity index (χ1) is 6.09. The predicted octanol–water partition coefficient (Wildman–Crippen LogP) is 1.44. The lowest BCUT2D eigenvalue weighted by Crippen LogP contribution is -2.19. The standard InChI is InChI=1S/C8H11NO3S/c1-5-4-13-7(9-5)3-12-6(2)8(10)11/h4,6H,3H2,1-2H3,(H,10,11)/t6-/m1/s1. The van der Waals surface area contributed by atoms with E-state index in [1.54, 1.807) is 0 Å². The maximum absolute atomic E-state index is 10.4. The van der Waals surface area contributed by atoms with Gasteiger partial charge in [0.2, 0.25) is 0 Å². The fraction of sp³-hybridized carbons (Fsp3) is 0.500. The third-order valence-electron chi connectivity index (χ3n) is 1.47. The fourth-order valence-electron chi connectivity index (χ4n) is 0.737. The highest BCUT2D eigenvalue weighted by atomic mass is 32.1. The molecule has 5 heteroatoms. The molecule has 0 saturated carbocycles. The van der Waals surface area contributed by atoms with E-state index >= 15 is 0 Å². The summed E-state index contributed by atoms with van der Waals surface area (Å²) in [5.41, 5.74) is 0.937. The van der Waals surface area contributed by atoms with Crippen LogP contribution in [0.3, 0.4) is 0 Å². The van der Waals surface area contributed by atoms with Gasteiger partial charge in [-0.15, -0.1) is 11.3 Å². The zero-order chi connectivity index (χ0) is 9.84. The third-order valence-corrected chi connectivity index (χ3v) is 2.41. The highest BCUT2D eigenvalue weighted by Gasteiger charge is 2.11. The van der Waals surface area contributed by atoms with Crippen molar-refractivity contribution in [2.45, 2.75) is 26.6 Å². The molecule has 0 unspecified atom stereocenters. The van der Waals surface area contributed by atoms with E-state index in [1.807, 2.05) is 12.3 Å². The van der Waals surface area contributed by atoms with Crippen molar-refractivity contribution in [3.8, 4) is 0 Å². The molecule has 0 bridgehead atoms. The zero-order valence-corrected chi connectivity index (χ0v) is 8.30. The lowest BCUT2D eigenvalue weighted by molar-refractivity contribution is -0.149. The third kappa shape index (κ3) is 3.12. The van der Waals surface area contributed by atoms with Gasteiger partial charge in [0.05, 0.1) is 6.61 Å². The molecule has 1 aromatic rings. The Balaban J connectivity index is 2.39. The summed E-state index contributed by atoms with van der Waals surface area (Å²) < 4.78 is 5.05. The SMILES string of the molecule is Cc1csc(CO[C@H](C)C(=O)O)n1. The van der Waals surface area contributed by atoms with E-state index in [4.69, 9.17) is 9.84 Å². The fourth-order valence-corrected chi connectivity index (χ4v) is 1.43. The van der Waals surface area contributed by atoms with Crippen LogP contribution in [0, 0.1) is 6.92 Å². The number of aliphatic carboxylic acids is 1. The molecular formula is C8H11NO3S. The summed E-state index contributed by atoms with van der Waals surface area (Å²) in [6, 6.07) is 0. The van der Waals surface area contributed by atoms with Gasteiger partial charge in [-0.3, -0.25) is 0 Å². The van der Waals surface area contributed by atoms with Crippen LogP contribution in [0.15, 0.2) is 5.38 Å². The molecule has 0 aliphatic carbocycles. The smallest absolute Gasteiger partial charge is 0.332 e. The summed E-state index contributed by atoms with van der Waals surface area (Å²) in [4.78, 5) is 14.5. The Hall–Kier alpha value is -0.940. The van der Waals surface area contributed by atoms with E-state index in [9.17, 15) is 4.79 Å². The van der Waals surface area contributed by atoms with E-state index in [0.717, 1.165) is 10.7 Å². The Bertz CT molecular complexity index is 297. The average molecular weight is 201 g/mol. The van der Waals surface area contributed by atoms with Crippen molar-refractivity contribution in [3.05, 3.63) is 16.1 Å². The number of ether oxygens (including phenoxy) is 1. The number of hydrogen-bond donors (Lipinski definition) is 1. The van der Waals surface area contributed by atoms with E-state index in [-0.39, 0.29) is 6.61 Å². The summed E-state index contributed by atoms with van der Waals surface area (Å²) in [5.74, 6) is -0.951. The normalized spacial score (nSPS) is 12.8. The molecule has 1 atom stereocenters. The summed E-state index contributed by atoms with van der Waals surface area (Å²) in [7, 11) is 0. The van der Waals surface area contributed by atoms with Crippen LogP contribution in [0.5, 0.6) is 0 Å². The van der Waals surface area contributed by atoms with Crippen LogP contribution < -0.4 is 0 Å². The molecule has 1 rings (SSSR count). The van der Waals surface area contributed by atoms with Gasteiger partial charge >= 0.3 is 5.97 Å². The lowest BCUT2D eigenvalue weighted by atomic mass is 10.4. The van der Waals surface area contributed by atoms with Gasteiger partial charge in [-0.25, -0.2) is 9.78 Å². The van der Waals surface area contributed by atoms with Crippen LogP contribution in [-0.4, -0.2) is 22.2 Å². The minimum absolute atomic E-state index is 0.270. The van der Waals surface area contributed by atoms with Gasteiger partial charge in [-0.1, -0.05) is 0 Å². The number of carboxylic acid groups (broad SMARTS) is 1. The van der Waals surface area contributed by atoms with Gasteiger partial charge in [0.1, 0.15) is 5.01 Å². The monoisotopic (exact) mass is 201 g/mol. The minimum Gasteiger partial charge on any atom is -0.479 e. The first-order valence-corrected chi connectivity index (χ1v) is 4.73. The average Bonchev–Trinajstić information content (AvgIpc) is 2.47. The number of nitrogens with zero attached hydrogens (tertiary/aromatic N) is 1. The zero-order valence-electron chi connectivity index (χ0n) is 7.48. The molecular weight excluding hydrogens is 190 g/mol. The lowest BCUT2D eigenvalue weighted by Gasteiger charge is -2.05. The van der Waals surface area contributed by atoms with Crippen molar-refractivity contribution in [2.75, 3.05) is 0 Å². The molecule has 1 N–H and O–H groups in total. The second kappa shape index (κ2) is 4.34. The van der Waals surface area contributed by atoms with Crippen molar-refractivity contribution in [1.29, 1.82) is 0 Å². The molecule has 72 valence electrons. The molecule has 0 saturated heterocycles. The van der Waals surface area contributed by atoms with E-state index in [0.29, 0.717) is 0 Å². The Morgan fingerprint density at radius 3 is 3.00 bits per heavy atom. The van der Waals surface area contributed by atoms with Gasteiger partial charge in [0.15, 0.2) is 6.10 Å². The Morgan fingerprint density at radius 1 is 1.85 bits per heavy atom. The Morgan fingerprint density at radius 2 is 2.54 bits per heavy atom. The van der Waals surface area contributed by atoms with Crippen molar-refractivity contribution in [1.82, 2.24) is 4.98 Å². The van der Waals surface area contributed by atoms with E-state index < -0.39 is 12.1 Å². The van der Waals surface area contributed by atoms with Gasteiger partial charge in [0, 0.05) is 11.1 Å². The van der Waals surface area contributed by atoms with Crippen LogP contribution in [-0.2, 0) is 16.1 Å². The van der Waals surface area contributed by atoms with Crippen molar-refractivity contribution >= 4 is 17.3 Å². The highest BCUT2D eigenvalue weighted by Crippen LogP contribution is 2.10. The van der Waals surface area contributed by atoms with Crippen molar-refractivity contribution in [2.24, 2.45) is 0 Å². The maximum atomic E-state index is 10.4. The molecule has 13 heavy (non-hydrogen) atoms. The first kappa shape index (κ1) is 10.1. The van der Waals surface area contributed by atoms with Crippen LogP contribution >= 0.6 is 11.3 Å². The molecule has 1 heterocycles. The number of hydrogen-bond acceptors (Lipinski definition) is 4. The van der Waals surface area contributed by atoms with Gasteiger partial charge < -0.3 is 9.84 Å². The minimum atomic E-state index is -0.951. The number of rotatable bonds is 4. The topological polar surface area (TPSA) is 59.4 Å². The van der Waals surface area contributed by atoms with Crippen LogP contribution in [0.2, 0.25) is 0 Å². The van der Waals surface area contributed by atoms with E-state index in [2.05, 4.69) is 4.98 Å².